The predicted molar refractivity (Wildman–Crippen MR) is 93.3 cm³/mol. The number of aromatic amines is 1. The van der Waals surface area contributed by atoms with Crippen LogP contribution < -0.4 is 10.1 Å². The Morgan fingerprint density at radius 3 is 3.00 bits per heavy atom. The van der Waals surface area contributed by atoms with Crippen LogP contribution in [0, 0.1) is 5.41 Å². The highest BCUT2D eigenvalue weighted by Gasteiger charge is 2.44. The minimum atomic E-state index is -0.194. The van der Waals surface area contributed by atoms with Gasteiger partial charge in [0, 0.05) is 22.9 Å². The molecule has 0 unspecified atom stereocenters. The molecule has 0 aliphatic heterocycles. The molecule has 3 aromatic rings. The van der Waals surface area contributed by atoms with Crippen LogP contribution in [0.25, 0.3) is 10.9 Å². The van der Waals surface area contributed by atoms with Crippen molar-refractivity contribution in [1.82, 2.24) is 15.5 Å². The molecule has 1 saturated carbocycles. The molecule has 2 aromatic heterocycles. The standard InChI is InChI=1S/C18H18ClN3O3/c1-18(5-6-18)17(23)20-9-15-16(19)13-3-2-12(8-14(13)21-15)24-10-11-4-7-25-22-11/h2-4,7-8,21H,5-6,9-10H2,1H3,(H,20,23). The molecule has 0 radical (unpaired) electrons. The van der Waals surface area contributed by atoms with E-state index in [4.69, 9.17) is 20.9 Å². The molecule has 1 fully saturated rings. The van der Waals surface area contributed by atoms with Crippen LogP contribution in [0.2, 0.25) is 5.02 Å². The molecule has 0 spiro atoms. The summed E-state index contributed by atoms with van der Waals surface area (Å²) in [5.41, 5.74) is 2.19. The van der Waals surface area contributed by atoms with Gasteiger partial charge >= 0.3 is 0 Å². The highest BCUT2D eigenvalue weighted by molar-refractivity contribution is 6.36. The number of H-pyrrole nitrogens is 1. The number of benzene rings is 1. The number of carbonyl (C=O) groups excluding carboxylic acids is 1. The molecule has 2 heterocycles. The Morgan fingerprint density at radius 2 is 2.28 bits per heavy atom. The number of amides is 1. The Kier molecular flexibility index (Phi) is 3.92. The molecule has 2 N–H and O–H groups in total. The summed E-state index contributed by atoms with van der Waals surface area (Å²) in [6.07, 6.45) is 3.41. The molecule has 1 amide bonds. The van der Waals surface area contributed by atoms with E-state index in [0.29, 0.717) is 23.9 Å². The fourth-order valence-electron chi connectivity index (χ4n) is 2.68. The maximum atomic E-state index is 12.1. The van der Waals surface area contributed by atoms with Gasteiger partial charge in [-0.25, -0.2) is 0 Å². The topological polar surface area (TPSA) is 80.2 Å². The molecular weight excluding hydrogens is 342 g/mol. The van der Waals surface area contributed by atoms with Gasteiger partial charge in [0.1, 0.15) is 24.3 Å². The molecule has 0 bridgehead atoms. The van der Waals surface area contributed by atoms with Crippen molar-refractivity contribution in [2.45, 2.75) is 32.9 Å². The number of fused-ring (bicyclic) bond motifs is 1. The number of hydrogen-bond donors (Lipinski definition) is 2. The maximum Gasteiger partial charge on any atom is 0.226 e. The van der Waals surface area contributed by atoms with Crippen LogP contribution >= 0.6 is 11.6 Å². The first-order chi connectivity index (χ1) is 12.0. The van der Waals surface area contributed by atoms with Gasteiger partial charge in [-0.2, -0.15) is 0 Å². The third kappa shape index (κ3) is 3.22. The van der Waals surface area contributed by atoms with Crippen molar-refractivity contribution in [2.24, 2.45) is 5.41 Å². The van der Waals surface area contributed by atoms with E-state index in [-0.39, 0.29) is 11.3 Å². The summed E-state index contributed by atoms with van der Waals surface area (Å²) in [5.74, 6) is 0.786. The van der Waals surface area contributed by atoms with E-state index in [9.17, 15) is 4.79 Å². The summed E-state index contributed by atoms with van der Waals surface area (Å²) in [5, 5.41) is 8.29. The lowest BCUT2D eigenvalue weighted by atomic mass is 10.1. The van der Waals surface area contributed by atoms with Crippen LogP contribution in [0.1, 0.15) is 31.2 Å². The Balaban J connectivity index is 1.47. The Morgan fingerprint density at radius 1 is 1.44 bits per heavy atom. The van der Waals surface area contributed by atoms with Crippen molar-refractivity contribution in [1.29, 1.82) is 0 Å². The van der Waals surface area contributed by atoms with Gasteiger partial charge in [0.2, 0.25) is 5.91 Å². The smallest absolute Gasteiger partial charge is 0.226 e. The van der Waals surface area contributed by atoms with Gasteiger partial charge in [0.05, 0.1) is 22.8 Å². The van der Waals surface area contributed by atoms with Crippen molar-refractivity contribution < 1.29 is 14.1 Å². The number of ether oxygens (including phenoxy) is 1. The van der Waals surface area contributed by atoms with E-state index in [2.05, 4.69) is 15.5 Å². The van der Waals surface area contributed by atoms with Gasteiger partial charge < -0.3 is 19.6 Å². The molecule has 4 rings (SSSR count). The quantitative estimate of drug-likeness (QED) is 0.701. The number of hydrogen-bond acceptors (Lipinski definition) is 4. The normalized spacial score (nSPS) is 15.3. The van der Waals surface area contributed by atoms with Crippen molar-refractivity contribution in [3.8, 4) is 5.75 Å². The van der Waals surface area contributed by atoms with Crippen LogP contribution in [-0.2, 0) is 17.9 Å². The molecule has 1 aromatic carbocycles. The van der Waals surface area contributed by atoms with E-state index >= 15 is 0 Å². The predicted octanol–water partition coefficient (Wildman–Crippen LogP) is 3.80. The van der Waals surface area contributed by atoms with E-state index in [0.717, 1.165) is 35.1 Å². The second-order valence-corrected chi connectivity index (χ2v) is 7.03. The van der Waals surface area contributed by atoms with Crippen molar-refractivity contribution in [3.05, 3.63) is 46.9 Å². The molecule has 25 heavy (non-hydrogen) atoms. The van der Waals surface area contributed by atoms with Crippen LogP contribution in [0.4, 0.5) is 0 Å². The summed E-state index contributed by atoms with van der Waals surface area (Å²) in [6, 6.07) is 7.40. The van der Waals surface area contributed by atoms with Crippen LogP contribution in [-0.4, -0.2) is 16.0 Å². The van der Waals surface area contributed by atoms with Gasteiger partial charge in [-0.05, 0) is 25.0 Å². The van der Waals surface area contributed by atoms with Crippen molar-refractivity contribution >= 4 is 28.4 Å². The fraction of sp³-hybridized carbons (Fsp3) is 0.333. The highest BCUT2D eigenvalue weighted by atomic mass is 35.5. The lowest BCUT2D eigenvalue weighted by molar-refractivity contribution is -0.125. The Hall–Kier alpha value is -2.47. The zero-order valence-corrected chi connectivity index (χ0v) is 14.5. The molecule has 130 valence electrons. The zero-order chi connectivity index (χ0) is 17.4. The highest BCUT2D eigenvalue weighted by Crippen LogP contribution is 2.45. The van der Waals surface area contributed by atoms with Crippen molar-refractivity contribution in [2.75, 3.05) is 0 Å². The van der Waals surface area contributed by atoms with E-state index in [1.807, 2.05) is 25.1 Å². The number of aromatic nitrogens is 2. The minimum absolute atomic E-state index is 0.0823. The van der Waals surface area contributed by atoms with Gasteiger partial charge in [-0.3, -0.25) is 4.79 Å². The van der Waals surface area contributed by atoms with Gasteiger partial charge in [0.25, 0.3) is 0 Å². The van der Waals surface area contributed by atoms with E-state index < -0.39 is 0 Å². The molecule has 0 saturated heterocycles. The second-order valence-electron chi connectivity index (χ2n) is 6.65. The van der Waals surface area contributed by atoms with Gasteiger partial charge in [0.15, 0.2) is 0 Å². The fourth-order valence-corrected chi connectivity index (χ4v) is 2.95. The number of nitrogens with zero attached hydrogens (tertiary/aromatic N) is 1. The number of carbonyl (C=O) groups is 1. The maximum absolute atomic E-state index is 12.1. The monoisotopic (exact) mass is 359 g/mol. The third-order valence-corrected chi connectivity index (χ3v) is 5.06. The first kappa shape index (κ1) is 16.0. The first-order valence-corrected chi connectivity index (χ1v) is 8.53. The van der Waals surface area contributed by atoms with Crippen LogP contribution in [0.3, 0.4) is 0 Å². The third-order valence-electron chi connectivity index (χ3n) is 4.63. The summed E-state index contributed by atoms with van der Waals surface area (Å²) >= 11 is 6.44. The lowest BCUT2D eigenvalue weighted by Gasteiger charge is -2.09. The largest absolute Gasteiger partial charge is 0.487 e. The first-order valence-electron chi connectivity index (χ1n) is 8.16. The lowest BCUT2D eigenvalue weighted by Crippen LogP contribution is -2.29. The van der Waals surface area contributed by atoms with Gasteiger partial charge in [-0.15, -0.1) is 0 Å². The SMILES string of the molecule is CC1(C(=O)NCc2[nH]c3cc(OCc4ccon4)ccc3c2Cl)CC1. The average Bonchev–Trinajstić information content (AvgIpc) is 3.05. The number of nitrogens with one attached hydrogen (secondary N) is 2. The summed E-state index contributed by atoms with van der Waals surface area (Å²) in [7, 11) is 0. The molecular formula is C18H18ClN3O3. The van der Waals surface area contributed by atoms with E-state index in [1.54, 1.807) is 6.07 Å². The zero-order valence-electron chi connectivity index (χ0n) is 13.8. The molecule has 7 heteroatoms. The van der Waals surface area contributed by atoms with Gasteiger partial charge in [-0.1, -0.05) is 23.7 Å². The molecule has 6 nitrogen and oxygen atoms in total. The minimum Gasteiger partial charge on any atom is -0.487 e. The van der Waals surface area contributed by atoms with Crippen LogP contribution in [0.5, 0.6) is 5.75 Å². The molecule has 1 aliphatic rings. The Labute approximate surface area is 149 Å². The molecule has 0 atom stereocenters. The molecule has 1 aliphatic carbocycles. The summed E-state index contributed by atoms with van der Waals surface area (Å²) in [4.78, 5) is 15.3. The number of halogens is 1. The number of rotatable bonds is 6. The average molecular weight is 360 g/mol. The van der Waals surface area contributed by atoms with Crippen LogP contribution in [0.15, 0.2) is 35.1 Å². The Bertz CT molecular complexity index is 913. The van der Waals surface area contributed by atoms with E-state index in [1.165, 1.54) is 6.26 Å². The second kappa shape index (κ2) is 6.11. The summed E-state index contributed by atoms with van der Waals surface area (Å²) in [6.45, 7) is 2.70. The summed E-state index contributed by atoms with van der Waals surface area (Å²) < 4.78 is 10.5. The van der Waals surface area contributed by atoms with Crippen molar-refractivity contribution in [3.63, 3.8) is 0 Å².